The fourth-order valence-corrected chi connectivity index (χ4v) is 2.99. The minimum atomic E-state index is -0.263. The Morgan fingerprint density at radius 3 is 1.91 bits per heavy atom. The van der Waals surface area contributed by atoms with Crippen LogP contribution < -0.4 is 4.74 Å². The highest BCUT2D eigenvalue weighted by molar-refractivity contribution is 5.95. The van der Waals surface area contributed by atoms with Crippen molar-refractivity contribution in [1.29, 1.82) is 0 Å². The Hall–Kier alpha value is -2.87. The van der Waals surface area contributed by atoms with Gasteiger partial charge in [-0.15, -0.1) is 0 Å². The van der Waals surface area contributed by atoms with Gasteiger partial charge in [0.2, 0.25) is 0 Å². The van der Waals surface area contributed by atoms with E-state index in [1.165, 1.54) is 11.1 Å². The number of hydrogen-bond acceptors (Lipinski definition) is 2. The predicted molar refractivity (Wildman–Crippen MR) is 85.2 cm³/mol. The van der Waals surface area contributed by atoms with Crippen molar-refractivity contribution in [1.82, 2.24) is 0 Å². The lowest BCUT2D eigenvalue weighted by Gasteiger charge is -2.19. The van der Waals surface area contributed by atoms with Gasteiger partial charge in [0.15, 0.2) is 0 Å². The summed E-state index contributed by atoms with van der Waals surface area (Å²) in [7, 11) is 0. The SMILES string of the molecule is O=C1Oc2cc1ccc2C(c1ccccc1)c1ccccc1. The van der Waals surface area contributed by atoms with E-state index < -0.39 is 0 Å². The Morgan fingerprint density at radius 1 is 0.727 bits per heavy atom. The molecule has 1 heterocycles. The van der Waals surface area contributed by atoms with E-state index in [2.05, 4.69) is 24.3 Å². The van der Waals surface area contributed by atoms with Crippen molar-refractivity contribution in [2.24, 2.45) is 0 Å². The van der Waals surface area contributed by atoms with Gasteiger partial charge in [0.25, 0.3) is 0 Å². The van der Waals surface area contributed by atoms with Crippen LogP contribution in [-0.2, 0) is 0 Å². The molecule has 0 atom stereocenters. The lowest BCUT2D eigenvalue weighted by molar-refractivity contribution is 0.0754. The molecule has 0 spiro atoms. The highest BCUT2D eigenvalue weighted by Crippen LogP contribution is 2.39. The largest absolute Gasteiger partial charge is 0.423 e. The third-order valence-electron chi connectivity index (χ3n) is 4.03. The summed E-state index contributed by atoms with van der Waals surface area (Å²) < 4.78 is 5.41. The van der Waals surface area contributed by atoms with Crippen LogP contribution in [0.25, 0.3) is 0 Å². The molecule has 0 radical (unpaired) electrons. The zero-order chi connectivity index (χ0) is 14.9. The third kappa shape index (κ3) is 2.09. The molecule has 2 bridgehead atoms. The molecule has 1 aliphatic heterocycles. The van der Waals surface area contributed by atoms with Crippen LogP contribution in [0.5, 0.6) is 5.75 Å². The zero-order valence-electron chi connectivity index (χ0n) is 11.9. The van der Waals surface area contributed by atoms with Crippen molar-refractivity contribution < 1.29 is 9.53 Å². The van der Waals surface area contributed by atoms with Gasteiger partial charge < -0.3 is 4.74 Å². The quantitative estimate of drug-likeness (QED) is 0.527. The van der Waals surface area contributed by atoms with Gasteiger partial charge in [-0.05, 0) is 23.3 Å². The van der Waals surface area contributed by atoms with E-state index in [0.29, 0.717) is 11.3 Å². The fraction of sp³-hybridized carbons (Fsp3) is 0.0500. The summed E-state index contributed by atoms with van der Waals surface area (Å²) in [4.78, 5) is 11.7. The van der Waals surface area contributed by atoms with Gasteiger partial charge >= 0.3 is 5.97 Å². The van der Waals surface area contributed by atoms with Gasteiger partial charge in [-0.25, -0.2) is 4.79 Å². The van der Waals surface area contributed by atoms with Crippen LogP contribution in [0.1, 0.15) is 33.0 Å². The smallest absolute Gasteiger partial charge is 0.343 e. The maximum Gasteiger partial charge on any atom is 0.343 e. The van der Waals surface area contributed by atoms with Crippen molar-refractivity contribution in [3.8, 4) is 5.75 Å². The number of ether oxygens (including phenoxy) is 1. The van der Waals surface area contributed by atoms with Crippen LogP contribution in [0.15, 0.2) is 78.9 Å². The van der Waals surface area contributed by atoms with Crippen LogP contribution in [-0.4, -0.2) is 5.97 Å². The molecule has 0 amide bonds. The Bertz CT molecular complexity index is 783. The highest BCUT2D eigenvalue weighted by atomic mass is 16.5. The molecule has 4 rings (SSSR count). The molecule has 3 aromatic rings. The first-order chi connectivity index (χ1) is 10.8. The van der Waals surface area contributed by atoms with Gasteiger partial charge in [0.1, 0.15) is 5.75 Å². The lowest BCUT2D eigenvalue weighted by Crippen LogP contribution is -2.05. The van der Waals surface area contributed by atoms with Crippen LogP contribution >= 0.6 is 0 Å². The second-order valence-electron chi connectivity index (χ2n) is 5.40. The monoisotopic (exact) mass is 286 g/mol. The second kappa shape index (κ2) is 5.15. The standard InChI is InChI=1S/C20H14O2/c21-20-16-11-12-17(18(13-16)22-20)19(14-7-3-1-4-8-14)15-9-5-2-6-10-15/h1-13,19H. The van der Waals surface area contributed by atoms with Crippen molar-refractivity contribution in [3.63, 3.8) is 0 Å². The molecule has 3 aromatic carbocycles. The summed E-state index contributed by atoms with van der Waals surface area (Å²) in [5.74, 6) is 0.457. The van der Waals surface area contributed by atoms with Gasteiger partial charge in [-0.1, -0.05) is 66.7 Å². The first-order valence-corrected chi connectivity index (χ1v) is 7.29. The highest BCUT2D eigenvalue weighted by Gasteiger charge is 2.27. The number of carbonyl (C=O) groups is 1. The fourth-order valence-electron chi connectivity index (χ4n) is 2.99. The molecule has 0 saturated heterocycles. The Morgan fingerprint density at radius 2 is 1.32 bits per heavy atom. The number of fused-ring (bicyclic) bond motifs is 2. The van der Waals surface area contributed by atoms with Gasteiger partial charge in [-0.2, -0.15) is 0 Å². The molecular formula is C20H14O2. The molecule has 22 heavy (non-hydrogen) atoms. The van der Waals surface area contributed by atoms with Crippen molar-refractivity contribution in [2.75, 3.05) is 0 Å². The van der Waals surface area contributed by atoms with Crippen LogP contribution in [0.4, 0.5) is 0 Å². The third-order valence-corrected chi connectivity index (χ3v) is 4.03. The van der Waals surface area contributed by atoms with Crippen LogP contribution in [0, 0.1) is 0 Å². The van der Waals surface area contributed by atoms with E-state index in [1.807, 2.05) is 54.6 Å². The molecule has 0 fully saturated rings. The van der Waals surface area contributed by atoms with Gasteiger partial charge in [0, 0.05) is 11.5 Å². The number of hydrogen-bond donors (Lipinski definition) is 0. The molecule has 1 aliphatic rings. The minimum Gasteiger partial charge on any atom is -0.423 e. The van der Waals surface area contributed by atoms with Crippen molar-refractivity contribution in [3.05, 3.63) is 101 Å². The summed E-state index contributed by atoms with van der Waals surface area (Å²) >= 11 is 0. The second-order valence-corrected chi connectivity index (χ2v) is 5.40. The topological polar surface area (TPSA) is 26.3 Å². The first kappa shape index (κ1) is 12.8. The van der Waals surface area contributed by atoms with E-state index in [4.69, 9.17) is 4.74 Å². The van der Waals surface area contributed by atoms with Crippen molar-refractivity contribution >= 4 is 5.97 Å². The number of rotatable bonds is 3. The number of benzene rings is 3. The zero-order valence-corrected chi connectivity index (χ0v) is 11.9. The summed E-state index contributed by atoms with van der Waals surface area (Å²) in [6, 6.07) is 26.2. The minimum absolute atomic E-state index is 0.0531. The summed E-state index contributed by atoms with van der Waals surface area (Å²) in [6.07, 6.45) is 0. The number of carbonyl (C=O) groups excluding carboxylic acids is 1. The molecule has 0 unspecified atom stereocenters. The molecule has 0 N–H and O–H groups in total. The Labute approximate surface area is 129 Å². The van der Waals surface area contributed by atoms with Gasteiger partial charge in [0.05, 0.1) is 5.56 Å². The molecular weight excluding hydrogens is 272 g/mol. The molecule has 2 heteroatoms. The van der Waals surface area contributed by atoms with E-state index in [0.717, 1.165) is 5.56 Å². The normalized spacial score (nSPS) is 12.5. The van der Waals surface area contributed by atoms with Crippen LogP contribution in [0.3, 0.4) is 0 Å². The Balaban J connectivity index is 1.89. The molecule has 0 saturated carbocycles. The predicted octanol–water partition coefficient (Wildman–Crippen LogP) is 4.40. The Kier molecular flexibility index (Phi) is 3.01. The average molecular weight is 286 g/mol. The average Bonchev–Trinajstić information content (AvgIpc) is 2.87. The van der Waals surface area contributed by atoms with Crippen LogP contribution in [0.2, 0.25) is 0 Å². The van der Waals surface area contributed by atoms with E-state index in [9.17, 15) is 4.79 Å². The maximum absolute atomic E-state index is 11.7. The summed E-state index contributed by atoms with van der Waals surface area (Å²) in [5, 5.41) is 0. The van der Waals surface area contributed by atoms with Gasteiger partial charge in [-0.3, -0.25) is 0 Å². The number of esters is 1. The van der Waals surface area contributed by atoms with E-state index in [1.54, 1.807) is 0 Å². The lowest BCUT2D eigenvalue weighted by atomic mass is 9.84. The first-order valence-electron chi connectivity index (χ1n) is 7.29. The maximum atomic E-state index is 11.7. The molecule has 0 aromatic heterocycles. The summed E-state index contributed by atoms with van der Waals surface area (Å²) in [6.45, 7) is 0. The molecule has 2 nitrogen and oxygen atoms in total. The molecule has 0 aliphatic carbocycles. The summed E-state index contributed by atoms with van der Waals surface area (Å²) in [5.41, 5.74) is 4.01. The van der Waals surface area contributed by atoms with E-state index >= 15 is 0 Å². The molecule has 106 valence electrons. The van der Waals surface area contributed by atoms with Crippen molar-refractivity contribution in [2.45, 2.75) is 5.92 Å². The van der Waals surface area contributed by atoms with E-state index in [-0.39, 0.29) is 11.9 Å².